The van der Waals surface area contributed by atoms with E-state index in [9.17, 15) is 9.59 Å². The summed E-state index contributed by atoms with van der Waals surface area (Å²) in [6, 6.07) is 0.255. The lowest BCUT2D eigenvalue weighted by Crippen LogP contribution is -2.50. The van der Waals surface area contributed by atoms with Crippen LogP contribution in [0.25, 0.3) is 0 Å². The van der Waals surface area contributed by atoms with E-state index in [1.807, 2.05) is 13.8 Å². The fraction of sp³-hybridized carbons (Fsp3) is 0.583. The minimum absolute atomic E-state index is 0.00783. The third-order valence-corrected chi connectivity index (χ3v) is 2.65. The number of aryl methyl sites for hydroxylation is 1. The molecule has 1 heterocycles. The van der Waals surface area contributed by atoms with E-state index in [0.717, 1.165) is 0 Å². The van der Waals surface area contributed by atoms with E-state index in [4.69, 9.17) is 10.3 Å². The summed E-state index contributed by atoms with van der Waals surface area (Å²) in [7, 11) is 0. The lowest BCUT2D eigenvalue weighted by molar-refractivity contribution is -0.127. The first-order chi connectivity index (χ1) is 8.81. The smallest absolute Gasteiger partial charge is 0.247 e. The van der Waals surface area contributed by atoms with Crippen molar-refractivity contribution in [2.75, 3.05) is 5.32 Å². The van der Waals surface area contributed by atoms with Crippen LogP contribution in [0.3, 0.4) is 0 Å². The standard InChI is InChI=1S/C12H20N4O3/c1-6(2)10(13)12(18)14-8(4)11(17)15-9-5-7(3)19-16-9/h5-6,8,10H,13H2,1-4H3,(H,14,18)(H,15,16,17)/t8-,10-/m0/s1. The van der Waals surface area contributed by atoms with Gasteiger partial charge in [0.25, 0.3) is 0 Å². The molecular formula is C12H20N4O3. The van der Waals surface area contributed by atoms with Crippen molar-refractivity contribution in [2.45, 2.75) is 39.8 Å². The number of carbonyl (C=O) groups is 2. The first kappa shape index (κ1) is 15.2. The molecule has 7 nitrogen and oxygen atoms in total. The van der Waals surface area contributed by atoms with Crippen molar-refractivity contribution < 1.29 is 14.1 Å². The van der Waals surface area contributed by atoms with Crippen molar-refractivity contribution in [1.29, 1.82) is 0 Å². The van der Waals surface area contributed by atoms with E-state index in [2.05, 4.69) is 15.8 Å². The fourth-order valence-corrected chi connectivity index (χ4v) is 1.34. The highest BCUT2D eigenvalue weighted by Gasteiger charge is 2.22. The van der Waals surface area contributed by atoms with Crippen LogP contribution in [0, 0.1) is 12.8 Å². The maximum Gasteiger partial charge on any atom is 0.247 e. The van der Waals surface area contributed by atoms with Gasteiger partial charge in [-0.3, -0.25) is 9.59 Å². The summed E-state index contributed by atoms with van der Waals surface area (Å²) in [4.78, 5) is 23.5. The lowest BCUT2D eigenvalue weighted by Gasteiger charge is -2.18. The zero-order valence-corrected chi connectivity index (χ0v) is 11.6. The predicted octanol–water partition coefficient (Wildman–Crippen LogP) is 0.410. The number of anilines is 1. The Morgan fingerprint density at radius 2 is 1.95 bits per heavy atom. The van der Waals surface area contributed by atoms with E-state index < -0.39 is 12.1 Å². The zero-order valence-electron chi connectivity index (χ0n) is 11.6. The van der Waals surface area contributed by atoms with Gasteiger partial charge in [-0.25, -0.2) is 0 Å². The Balaban J connectivity index is 2.51. The van der Waals surface area contributed by atoms with Crippen LogP contribution >= 0.6 is 0 Å². The number of carbonyl (C=O) groups excluding carboxylic acids is 2. The molecule has 0 fully saturated rings. The summed E-state index contributed by atoms with van der Waals surface area (Å²) in [5, 5.41) is 8.73. The fourth-order valence-electron chi connectivity index (χ4n) is 1.34. The molecule has 0 unspecified atom stereocenters. The van der Waals surface area contributed by atoms with Gasteiger partial charge in [-0.15, -0.1) is 0 Å². The molecule has 2 amide bonds. The molecule has 1 rings (SSSR count). The first-order valence-electron chi connectivity index (χ1n) is 6.11. The van der Waals surface area contributed by atoms with E-state index >= 15 is 0 Å². The minimum Gasteiger partial charge on any atom is -0.360 e. The average Bonchev–Trinajstić information content (AvgIpc) is 2.73. The van der Waals surface area contributed by atoms with Gasteiger partial charge in [-0.2, -0.15) is 0 Å². The average molecular weight is 268 g/mol. The van der Waals surface area contributed by atoms with Crippen LogP contribution in [0.1, 0.15) is 26.5 Å². The number of nitrogens with two attached hydrogens (primary N) is 1. The second kappa shape index (κ2) is 6.33. The zero-order chi connectivity index (χ0) is 14.6. The molecule has 7 heteroatoms. The third kappa shape index (κ3) is 4.36. The molecule has 0 aliphatic heterocycles. The summed E-state index contributed by atoms with van der Waals surface area (Å²) in [5.74, 6) is 0.186. The Kier molecular flexibility index (Phi) is 5.05. The maximum absolute atomic E-state index is 11.8. The van der Waals surface area contributed by atoms with Gasteiger partial charge in [0.05, 0.1) is 6.04 Å². The van der Waals surface area contributed by atoms with Gasteiger partial charge < -0.3 is 20.9 Å². The second-order valence-electron chi connectivity index (χ2n) is 4.81. The van der Waals surface area contributed by atoms with Crippen LogP contribution in [-0.4, -0.2) is 29.1 Å². The second-order valence-corrected chi connectivity index (χ2v) is 4.81. The monoisotopic (exact) mass is 268 g/mol. The van der Waals surface area contributed by atoms with Crippen LogP contribution in [0.2, 0.25) is 0 Å². The van der Waals surface area contributed by atoms with Crippen molar-refractivity contribution >= 4 is 17.6 Å². The molecule has 0 aromatic carbocycles. The number of aromatic nitrogens is 1. The minimum atomic E-state index is -0.700. The van der Waals surface area contributed by atoms with Crippen LogP contribution in [0.5, 0.6) is 0 Å². The van der Waals surface area contributed by atoms with Crippen LogP contribution in [-0.2, 0) is 9.59 Å². The van der Waals surface area contributed by atoms with Gasteiger partial charge in [0.2, 0.25) is 11.8 Å². The van der Waals surface area contributed by atoms with Gasteiger partial charge in [0, 0.05) is 6.07 Å². The van der Waals surface area contributed by atoms with Gasteiger partial charge in [0.15, 0.2) is 5.82 Å². The van der Waals surface area contributed by atoms with Crippen LogP contribution < -0.4 is 16.4 Å². The van der Waals surface area contributed by atoms with Crippen molar-refractivity contribution in [3.63, 3.8) is 0 Å². The Hall–Kier alpha value is -1.89. The number of hydrogen-bond donors (Lipinski definition) is 3. The first-order valence-corrected chi connectivity index (χ1v) is 6.11. The van der Waals surface area contributed by atoms with E-state index in [-0.39, 0.29) is 17.7 Å². The molecule has 19 heavy (non-hydrogen) atoms. The molecule has 4 N–H and O–H groups in total. The molecule has 0 bridgehead atoms. The number of nitrogens with zero attached hydrogens (tertiary/aromatic N) is 1. The highest BCUT2D eigenvalue weighted by atomic mass is 16.5. The van der Waals surface area contributed by atoms with Gasteiger partial charge >= 0.3 is 0 Å². The largest absolute Gasteiger partial charge is 0.360 e. The molecule has 1 aromatic heterocycles. The lowest BCUT2D eigenvalue weighted by atomic mass is 10.0. The molecular weight excluding hydrogens is 248 g/mol. The maximum atomic E-state index is 11.8. The van der Waals surface area contributed by atoms with E-state index in [1.54, 1.807) is 19.9 Å². The molecule has 0 aliphatic carbocycles. The molecule has 0 radical (unpaired) electrons. The molecule has 2 atom stereocenters. The molecule has 0 saturated heterocycles. The molecule has 0 spiro atoms. The highest BCUT2D eigenvalue weighted by Crippen LogP contribution is 2.07. The summed E-state index contributed by atoms with van der Waals surface area (Å²) in [6.45, 7) is 6.98. The number of hydrogen-bond acceptors (Lipinski definition) is 5. The third-order valence-electron chi connectivity index (χ3n) is 2.65. The number of nitrogens with one attached hydrogen (secondary N) is 2. The van der Waals surface area contributed by atoms with E-state index in [1.165, 1.54) is 0 Å². The van der Waals surface area contributed by atoms with Gasteiger partial charge in [-0.05, 0) is 19.8 Å². The Morgan fingerprint density at radius 3 is 2.42 bits per heavy atom. The van der Waals surface area contributed by atoms with Crippen molar-refractivity contribution in [3.05, 3.63) is 11.8 Å². The predicted molar refractivity (Wildman–Crippen MR) is 70.3 cm³/mol. The van der Waals surface area contributed by atoms with E-state index in [0.29, 0.717) is 11.6 Å². The van der Waals surface area contributed by atoms with Crippen molar-refractivity contribution in [3.8, 4) is 0 Å². The topological polar surface area (TPSA) is 110 Å². The number of amides is 2. The van der Waals surface area contributed by atoms with Crippen molar-refractivity contribution in [2.24, 2.45) is 11.7 Å². The summed E-state index contributed by atoms with van der Waals surface area (Å²) in [6.07, 6.45) is 0. The number of rotatable bonds is 5. The van der Waals surface area contributed by atoms with Crippen LogP contribution in [0.4, 0.5) is 5.82 Å². The molecule has 0 saturated carbocycles. The normalized spacial score (nSPS) is 14.0. The Bertz CT molecular complexity index is 456. The summed E-state index contributed by atoms with van der Waals surface area (Å²) < 4.78 is 4.82. The van der Waals surface area contributed by atoms with Crippen LogP contribution in [0.15, 0.2) is 10.6 Å². The Labute approximate surface area is 111 Å². The van der Waals surface area contributed by atoms with Crippen molar-refractivity contribution in [1.82, 2.24) is 10.5 Å². The van der Waals surface area contributed by atoms with Gasteiger partial charge in [-0.1, -0.05) is 19.0 Å². The van der Waals surface area contributed by atoms with Gasteiger partial charge in [0.1, 0.15) is 11.8 Å². The molecule has 106 valence electrons. The summed E-state index contributed by atoms with van der Waals surface area (Å²) >= 11 is 0. The quantitative estimate of drug-likeness (QED) is 0.716. The molecule has 1 aromatic rings. The summed E-state index contributed by atoms with van der Waals surface area (Å²) in [5.41, 5.74) is 5.69. The SMILES string of the molecule is Cc1cc(NC(=O)[C@H](C)NC(=O)[C@@H](N)C(C)C)no1. The molecule has 0 aliphatic rings. The Morgan fingerprint density at radius 1 is 1.32 bits per heavy atom. The highest BCUT2D eigenvalue weighted by molar-refractivity contribution is 5.96.